The second kappa shape index (κ2) is 5.54. The van der Waals surface area contributed by atoms with Crippen LogP contribution >= 0.6 is 22.6 Å². The molecule has 0 bridgehead atoms. The summed E-state index contributed by atoms with van der Waals surface area (Å²) in [4.78, 5) is 27.3. The zero-order valence-electron chi connectivity index (χ0n) is 9.88. The maximum Gasteiger partial charge on any atom is 0.330 e. The van der Waals surface area contributed by atoms with E-state index in [0.29, 0.717) is 0 Å². The molecule has 0 aliphatic carbocycles. The summed E-state index contributed by atoms with van der Waals surface area (Å²) in [7, 11) is 0. The molecule has 2 rings (SSSR count). The summed E-state index contributed by atoms with van der Waals surface area (Å²) >= 11 is 1.83. The van der Waals surface area contributed by atoms with E-state index in [2.05, 4.69) is 10.0 Å². The normalized spacial score (nSPS) is 32.9. The Morgan fingerprint density at radius 2 is 2.30 bits per heavy atom. The number of aromatic amines is 1. The molecular formula is C9H10IN5O5. The second-order valence-corrected chi connectivity index (χ2v) is 4.89. The monoisotopic (exact) mass is 395 g/mol. The average molecular weight is 395 g/mol. The highest BCUT2D eigenvalue weighted by atomic mass is 127. The molecule has 3 N–H and O–H groups in total. The number of alkyl halides is 1. The van der Waals surface area contributed by atoms with Crippen LogP contribution in [-0.4, -0.2) is 42.1 Å². The predicted octanol–water partition coefficient (Wildman–Crippen LogP) is -0.771. The fourth-order valence-corrected chi connectivity index (χ4v) is 2.70. The number of azide groups is 1. The SMILES string of the molecule is [N-]=[N+]=N[C@]1(CI)OC(n2ccc(=O)[nH]c2=O)C(O)C1O. The van der Waals surface area contributed by atoms with Gasteiger partial charge in [-0.05, 0) is 5.53 Å². The van der Waals surface area contributed by atoms with Gasteiger partial charge in [-0.15, -0.1) is 0 Å². The third-order valence-corrected chi connectivity index (χ3v) is 4.03. The van der Waals surface area contributed by atoms with E-state index in [1.54, 1.807) is 0 Å². The first-order valence-corrected chi connectivity index (χ1v) is 6.95. The van der Waals surface area contributed by atoms with Crippen LogP contribution in [0, 0.1) is 0 Å². The van der Waals surface area contributed by atoms with E-state index in [4.69, 9.17) is 10.3 Å². The topological polar surface area (TPSA) is 153 Å². The Morgan fingerprint density at radius 3 is 2.85 bits per heavy atom. The largest absolute Gasteiger partial charge is 0.387 e. The van der Waals surface area contributed by atoms with E-state index in [9.17, 15) is 19.8 Å². The van der Waals surface area contributed by atoms with Crippen molar-refractivity contribution in [2.45, 2.75) is 24.2 Å². The van der Waals surface area contributed by atoms with Crippen molar-refractivity contribution >= 4 is 22.6 Å². The predicted molar refractivity (Wildman–Crippen MR) is 74.2 cm³/mol. The molecule has 0 aromatic carbocycles. The number of nitrogens with one attached hydrogen (secondary N) is 1. The Labute approximate surface area is 124 Å². The Morgan fingerprint density at radius 1 is 1.60 bits per heavy atom. The van der Waals surface area contributed by atoms with Crippen LogP contribution in [0.2, 0.25) is 0 Å². The second-order valence-electron chi connectivity index (χ2n) is 4.13. The van der Waals surface area contributed by atoms with Gasteiger partial charge in [0.15, 0.2) is 12.0 Å². The van der Waals surface area contributed by atoms with Crippen molar-refractivity contribution in [3.05, 3.63) is 43.5 Å². The van der Waals surface area contributed by atoms with Crippen molar-refractivity contribution in [3.63, 3.8) is 0 Å². The smallest absolute Gasteiger partial charge is 0.330 e. The van der Waals surface area contributed by atoms with E-state index in [-0.39, 0.29) is 4.43 Å². The number of H-pyrrole nitrogens is 1. The van der Waals surface area contributed by atoms with E-state index in [1.807, 2.05) is 27.6 Å². The first-order chi connectivity index (χ1) is 9.45. The first kappa shape index (κ1) is 15.0. The minimum Gasteiger partial charge on any atom is -0.387 e. The van der Waals surface area contributed by atoms with E-state index in [1.165, 1.54) is 0 Å². The number of hydrogen-bond acceptors (Lipinski definition) is 6. The highest BCUT2D eigenvalue weighted by molar-refractivity contribution is 14.1. The van der Waals surface area contributed by atoms with Crippen molar-refractivity contribution in [2.24, 2.45) is 5.11 Å². The van der Waals surface area contributed by atoms with Crippen LogP contribution in [0.15, 0.2) is 27.0 Å². The van der Waals surface area contributed by atoms with Gasteiger partial charge in [0.2, 0.25) is 0 Å². The summed E-state index contributed by atoms with van der Waals surface area (Å²) in [6.45, 7) is 0. The molecule has 20 heavy (non-hydrogen) atoms. The lowest BCUT2D eigenvalue weighted by atomic mass is 10.1. The van der Waals surface area contributed by atoms with E-state index < -0.39 is 35.4 Å². The zero-order valence-corrected chi connectivity index (χ0v) is 12.0. The van der Waals surface area contributed by atoms with Crippen molar-refractivity contribution in [2.75, 3.05) is 4.43 Å². The maximum absolute atomic E-state index is 11.7. The molecule has 1 aliphatic rings. The third kappa shape index (κ3) is 2.33. The van der Waals surface area contributed by atoms with Crippen molar-refractivity contribution < 1.29 is 14.9 Å². The van der Waals surface area contributed by atoms with Crippen LogP contribution in [0.3, 0.4) is 0 Å². The summed E-state index contributed by atoms with van der Waals surface area (Å²) in [6.07, 6.45) is -3.13. The van der Waals surface area contributed by atoms with Gasteiger partial charge in [-0.1, -0.05) is 27.7 Å². The maximum atomic E-state index is 11.7. The number of aromatic nitrogens is 2. The fraction of sp³-hybridized carbons (Fsp3) is 0.556. The van der Waals surface area contributed by atoms with Gasteiger partial charge in [0.25, 0.3) is 5.56 Å². The number of aliphatic hydroxyl groups is 2. The number of nitrogens with zero attached hydrogens (tertiary/aromatic N) is 4. The highest BCUT2D eigenvalue weighted by Crippen LogP contribution is 2.38. The van der Waals surface area contributed by atoms with Crippen LogP contribution in [0.25, 0.3) is 10.4 Å². The summed E-state index contributed by atoms with van der Waals surface area (Å²) in [5.74, 6) is 0. The number of rotatable bonds is 3. The Bertz CT molecular complexity index is 667. The summed E-state index contributed by atoms with van der Waals surface area (Å²) < 4.78 is 6.37. The molecule has 1 fully saturated rings. The molecule has 1 aliphatic heterocycles. The lowest BCUT2D eigenvalue weighted by molar-refractivity contribution is -0.0854. The molecule has 11 heteroatoms. The zero-order chi connectivity index (χ0) is 14.9. The number of ether oxygens (including phenoxy) is 1. The molecule has 0 spiro atoms. The quantitative estimate of drug-likeness (QED) is 0.202. The van der Waals surface area contributed by atoms with E-state index >= 15 is 0 Å². The average Bonchev–Trinajstić information content (AvgIpc) is 2.65. The lowest BCUT2D eigenvalue weighted by Crippen LogP contribution is -2.42. The molecule has 10 nitrogen and oxygen atoms in total. The van der Waals surface area contributed by atoms with Gasteiger partial charge in [-0.2, -0.15) is 0 Å². The van der Waals surface area contributed by atoms with Crippen LogP contribution in [0.1, 0.15) is 6.23 Å². The Balaban J connectivity index is 2.47. The highest BCUT2D eigenvalue weighted by Gasteiger charge is 2.54. The number of hydrogen-bond donors (Lipinski definition) is 3. The van der Waals surface area contributed by atoms with Crippen LogP contribution in [0.4, 0.5) is 0 Å². The number of aliphatic hydroxyl groups excluding tert-OH is 2. The molecule has 0 saturated carbocycles. The van der Waals surface area contributed by atoms with E-state index in [0.717, 1.165) is 16.8 Å². The van der Waals surface area contributed by atoms with Crippen LogP contribution in [-0.2, 0) is 4.74 Å². The number of halogens is 1. The van der Waals surface area contributed by atoms with Gasteiger partial charge in [0.05, 0.1) is 0 Å². The molecule has 4 atom stereocenters. The van der Waals surface area contributed by atoms with Gasteiger partial charge in [0.1, 0.15) is 12.2 Å². The molecule has 0 radical (unpaired) electrons. The van der Waals surface area contributed by atoms with Gasteiger partial charge in [-0.3, -0.25) is 14.3 Å². The third-order valence-electron chi connectivity index (χ3n) is 2.93. The molecule has 108 valence electrons. The van der Waals surface area contributed by atoms with Gasteiger partial charge in [0, 0.05) is 21.6 Å². The van der Waals surface area contributed by atoms with Crippen molar-refractivity contribution in [3.8, 4) is 0 Å². The lowest BCUT2D eigenvalue weighted by Gasteiger charge is -2.23. The Hall–Kier alpha value is -1.40. The fourth-order valence-electron chi connectivity index (χ4n) is 1.92. The molecule has 0 amide bonds. The van der Waals surface area contributed by atoms with Gasteiger partial charge >= 0.3 is 5.69 Å². The molecule has 1 aromatic heterocycles. The van der Waals surface area contributed by atoms with Crippen molar-refractivity contribution in [1.29, 1.82) is 0 Å². The summed E-state index contributed by atoms with van der Waals surface area (Å²) in [5, 5.41) is 23.4. The molecule has 1 saturated heterocycles. The summed E-state index contributed by atoms with van der Waals surface area (Å²) in [5.41, 5.74) is 5.46. The molecule has 3 unspecified atom stereocenters. The molecule has 1 aromatic rings. The van der Waals surface area contributed by atoms with Crippen LogP contribution in [0.5, 0.6) is 0 Å². The summed E-state index contributed by atoms with van der Waals surface area (Å²) in [6, 6.07) is 1.07. The van der Waals surface area contributed by atoms with Crippen LogP contribution < -0.4 is 11.2 Å². The van der Waals surface area contributed by atoms with Crippen molar-refractivity contribution in [1.82, 2.24) is 9.55 Å². The Kier molecular flexibility index (Phi) is 4.15. The molecular weight excluding hydrogens is 385 g/mol. The first-order valence-electron chi connectivity index (χ1n) is 5.43. The minimum atomic E-state index is -1.67. The minimum absolute atomic E-state index is 0.0711. The van der Waals surface area contributed by atoms with Gasteiger partial charge in [-0.25, -0.2) is 4.79 Å². The standard InChI is InChI=1S/C9H10IN5O5/c10-3-9(13-14-11)6(18)5(17)7(20-9)15-2-1-4(16)12-8(15)19/h1-2,5-7,17-18H,3H2,(H,12,16,19)/t5?,6?,7?,9-/m1/s1. The molecule has 2 heterocycles. The van der Waals surface area contributed by atoms with Gasteiger partial charge < -0.3 is 14.9 Å².